The van der Waals surface area contributed by atoms with Crippen LogP contribution in [-0.4, -0.2) is 9.13 Å². The summed E-state index contributed by atoms with van der Waals surface area (Å²) < 4.78 is 3.46. The Morgan fingerprint density at radius 1 is 1.17 bits per heavy atom. The summed E-state index contributed by atoms with van der Waals surface area (Å²) in [6.07, 6.45) is 6.07. The molecule has 1 fully saturated rings. The van der Waals surface area contributed by atoms with Gasteiger partial charge in [-0.2, -0.15) is 0 Å². The average Bonchev–Trinajstić information content (AvgIpc) is 3.08. The summed E-state index contributed by atoms with van der Waals surface area (Å²) in [5.41, 5.74) is 2.92. The maximum atomic E-state index is 11.9. The van der Waals surface area contributed by atoms with E-state index in [2.05, 4.69) is 31.2 Å². The lowest BCUT2D eigenvalue weighted by Gasteiger charge is -2.16. The Balaban J connectivity index is 1.90. The summed E-state index contributed by atoms with van der Waals surface area (Å²) in [6.45, 7) is 2.90. The van der Waals surface area contributed by atoms with E-state index in [1.54, 1.807) is 11.6 Å². The van der Waals surface area contributed by atoms with Crippen molar-refractivity contribution >= 4 is 0 Å². The number of rotatable bonds is 3. The van der Waals surface area contributed by atoms with Crippen LogP contribution in [0.15, 0.2) is 41.5 Å². The fourth-order valence-corrected chi connectivity index (χ4v) is 2.55. The first-order chi connectivity index (χ1) is 8.61. The van der Waals surface area contributed by atoms with E-state index in [-0.39, 0.29) is 11.1 Å². The second kappa shape index (κ2) is 3.87. The van der Waals surface area contributed by atoms with Crippen molar-refractivity contribution in [3.63, 3.8) is 0 Å². The number of aryl methyl sites for hydroxylation is 2. The van der Waals surface area contributed by atoms with Gasteiger partial charge in [-0.25, -0.2) is 4.79 Å². The van der Waals surface area contributed by atoms with Gasteiger partial charge in [0, 0.05) is 31.4 Å². The summed E-state index contributed by atoms with van der Waals surface area (Å²) in [4.78, 5) is 11.9. The molecule has 2 aromatic rings. The SMILES string of the molecule is Cc1ccc(C2(Cn3ccn(C)c3=O)CC2)cc1. The molecule has 1 heterocycles. The van der Waals surface area contributed by atoms with Crippen molar-refractivity contribution in [3.8, 4) is 0 Å². The molecular formula is C15H18N2O. The van der Waals surface area contributed by atoms with Crippen LogP contribution in [0.5, 0.6) is 0 Å². The second-order valence-corrected chi connectivity index (χ2v) is 5.47. The first-order valence-corrected chi connectivity index (χ1v) is 6.40. The van der Waals surface area contributed by atoms with E-state index >= 15 is 0 Å². The molecule has 1 aromatic carbocycles. The summed E-state index contributed by atoms with van der Waals surface area (Å²) >= 11 is 0. The topological polar surface area (TPSA) is 26.9 Å². The van der Waals surface area contributed by atoms with E-state index in [1.165, 1.54) is 24.0 Å². The van der Waals surface area contributed by atoms with Gasteiger partial charge in [0.2, 0.25) is 0 Å². The molecule has 0 aliphatic heterocycles. The quantitative estimate of drug-likeness (QED) is 0.810. The smallest absolute Gasteiger partial charge is 0.302 e. The molecule has 0 N–H and O–H groups in total. The zero-order valence-corrected chi connectivity index (χ0v) is 10.9. The standard InChI is InChI=1S/C15H18N2O/c1-12-3-5-13(6-4-12)15(7-8-15)11-17-10-9-16(2)14(17)18/h3-6,9-10H,7-8,11H2,1-2H3. The van der Waals surface area contributed by atoms with Crippen molar-refractivity contribution in [2.75, 3.05) is 0 Å². The van der Waals surface area contributed by atoms with Crippen LogP contribution in [0.1, 0.15) is 24.0 Å². The van der Waals surface area contributed by atoms with Gasteiger partial charge < -0.3 is 4.57 Å². The van der Waals surface area contributed by atoms with Gasteiger partial charge in [-0.15, -0.1) is 0 Å². The minimum absolute atomic E-state index is 0.0772. The van der Waals surface area contributed by atoms with Crippen molar-refractivity contribution in [2.24, 2.45) is 7.05 Å². The van der Waals surface area contributed by atoms with Crippen LogP contribution in [0.3, 0.4) is 0 Å². The van der Waals surface area contributed by atoms with Crippen LogP contribution in [-0.2, 0) is 19.0 Å². The fraction of sp³-hybridized carbons (Fsp3) is 0.400. The van der Waals surface area contributed by atoms with Gasteiger partial charge >= 0.3 is 5.69 Å². The minimum Gasteiger partial charge on any atom is -0.302 e. The van der Waals surface area contributed by atoms with Gasteiger partial charge in [-0.05, 0) is 25.3 Å². The van der Waals surface area contributed by atoms with E-state index in [0.717, 1.165) is 6.54 Å². The number of benzene rings is 1. The molecule has 0 bridgehead atoms. The van der Waals surface area contributed by atoms with E-state index in [1.807, 2.05) is 17.0 Å². The third kappa shape index (κ3) is 1.80. The van der Waals surface area contributed by atoms with Crippen LogP contribution in [0.25, 0.3) is 0 Å². The number of aromatic nitrogens is 2. The summed E-state index contributed by atoms with van der Waals surface area (Å²) in [5.74, 6) is 0. The van der Waals surface area contributed by atoms with Crippen molar-refractivity contribution in [3.05, 3.63) is 58.3 Å². The Labute approximate surface area is 107 Å². The highest BCUT2D eigenvalue weighted by Gasteiger charge is 2.44. The van der Waals surface area contributed by atoms with Crippen LogP contribution >= 0.6 is 0 Å². The van der Waals surface area contributed by atoms with Crippen LogP contribution in [0, 0.1) is 6.92 Å². The van der Waals surface area contributed by atoms with Gasteiger partial charge in [-0.3, -0.25) is 4.57 Å². The lowest BCUT2D eigenvalue weighted by molar-refractivity contribution is 0.528. The monoisotopic (exact) mass is 242 g/mol. The maximum absolute atomic E-state index is 11.9. The number of nitrogens with zero attached hydrogens (tertiary/aromatic N) is 2. The lowest BCUT2D eigenvalue weighted by Crippen LogP contribution is -2.27. The van der Waals surface area contributed by atoms with E-state index in [0.29, 0.717) is 0 Å². The van der Waals surface area contributed by atoms with Crippen LogP contribution < -0.4 is 5.69 Å². The van der Waals surface area contributed by atoms with E-state index < -0.39 is 0 Å². The van der Waals surface area contributed by atoms with Crippen molar-refractivity contribution in [1.82, 2.24) is 9.13 Å². The fourth-order valence-electron chi connectivity index (χ4n) is 2.55. The predicted molar refractivity (Wildman–Crippen MR) is 71.8 cm³/mol. The summed E-state index contributed by atoms with van der Waals surface area (Å²) in [5, 5.41) is 0. The average molecular weight is 242 g/mol. The van der Waals surface area contributed by atoms with Crippen molar-refractivity contribution in [2.45, 2.75) is 31.7 Å². The number of hydrogen-bond donors (Lipinski definition) is 0. The molecule has 3 heteroatoms. The van der Waals surface area contributed by atoms with Crippen molar-refractivity contribution < 1.29 is 0 Å². The minimum atomic E-state index is 0.0772. The highest BCUT2D eigenvalue weighted by molar-refractivity contribution is 5.33. The zero-order valence-electron chi connectivity index (χ0n) is 10.9. The van der Waals surface area contributed by atoms with E-state index in [9.17, 15) is 4.79 Å². The third-order valence-electron chi connectivity index (χ3n) is 4.01. The maximum Gasteiger partial charge on any atom is 0.327 e. The molecule has 0 amide bonds. The number of hydrogen-bond acceptors (Lipinski definition) is 1. The Morgan fingerprint density at radius 2 is 1.83 bits per heavy atom. The summed E-state index contributed by atoms with van der Waals surface area (Å²) in [6, 6.07) is 8.72. The Hall–Kier alpha value is -1.77. The van der Waals surface area contributed by atoms with Crippen molar-refractivity contribution in [1.29, 1.82) is 0 Å². The predicted octanol–water partition coefficient (Wildman–Crippen LogP) is 2.23. The number of imidazole rings is 1. The normalized spacial score (nSPS) is 16.8. The van der Waals surface area contributed by atoms with Gasteiger partial charge in [-0.1, -0.05) is 29.8 Å². The molecule has 0 radical (unpaired) electrons. The Morgan fingerprint density at radius 3 is 2.33 bits per heavy atom. The largest absolute Gasteiger partial charge is 0.327 e. The van der Waals surface area contributed by atoms with Gasteiger partial charge in [0.05, 0.1) is 0 Å². The molecule has 0 unspecified atom stereocenters. The first-order valence-electron chi connectivity index (χ1n) is 6.40. The molecule has 0 saturated heterocycles. The van der Waals surface area contributed by atoms with E-state index in [4.69, 9.17) is 0 Å². The molecule has 94 valence electrons. The lowest BCUT2D eigenvalue weighted by atomic mass is 9.95. The highest BCUT2D eigenvalue weighted by atomic mass is 16.1. The first kappa shape index (κ1) is 11.3. The summed E-state index contributed by atoms with van der Waals surface area (Å²) in [7, 11) is 1.80. The molecule has 3 nitrogen and oxygen atoms in total. The Bertz CT molecular complexity index is 615. The second-order valence-electron chi connectivity index (χ2n) is 5.47. The third-order valence-corrected chi connectivity index (χ3v) is 4.01. The van der Waals surface area contributed by atoms with Gasteiger partial charge in [0.25, 0.3) is 0 Å². The molecule has 0 atom stereocenters. The van der Waals surface area contributed by atoms with Gasteiger partial charge in [0.1, 0.15) is 0 Å². The van der Waals surface area contributed by atoms with Crippen LogP contribution in [0.4, 0.5) is 0 Å². The Kier molecular flexibility index (Phi) is 2.44. The highest BCUT2D eigenvalue weighted by Crippen LogP contribution is 2.49. The molecule has 18 heavy (non-hydrogen) atoms. The molecular weight excluding hydrogens is 224 g/mol. The van der Waals surface area contributed by atoms with Gasteiger partial charge in [0.15, 0.2) is 0 Å². The zero-order chi connectivity index (χ0) is 12.8. The molecule has 1 aliphatic rings. The van der Waals surface area contributed by atoms with Crippen LogP contribution in [0.2, 0.25) is 0 Å². The molecule has 1 saturated carbocycles. The molecule has 3 rings (SSSR count). The molecule has 1 aliphatic carbocycles. The molecule has 0 spiro atoms. The molecule has 1 aromatic heterocycles.